The van der Waals surface area contributed by atoms with Crippen molar-refractivity contribution in [3.8, 4) is 0 Å². The first-order valence-electron chi connectivity index (χ1n) is 10.6. The molecule has 0 unspecified atom stereocenters. The fourth-order valence-electron chi connectivity index (χ4n) is 4.19. The number of nitrogens with one attached hydrogen (secondary N) is 1. The number of anilines is 1. The number of carboxylic acid groups (broad SMARTS) is 1. The van der Waals surface area contributed by atoms with Crippen molar-refractivity contribution in [1.82, 2.24) is 14.5 Å². The second-order valence-electron chi connectivity index (χ2n) is 8.25. The molecule has 3 aromatic rings. The highest BCUT2D eigenvalue weighted by Gasteiger charge is 2.26. The number of hydrogen-bond donors (Lipinski definition) is 3. The molecule has 2 heterocycles. The quantitative estimate of drug-likeness (QED) is 0.283. The molecule has 0 saturated heterocycles. The van der Waals surface area contributed by atoms with E-state index in [1.54, 1.807) is 10.7 Å². The van der Waals surface area contributed by atoms with Crippen molar-refractivity contribution in [3.63, 3.8) is 0 Å². The van der Waals surface area contributed by atoms with Gasteiger partial charge in [0, 0.05) is 24.8 Å². The van der Waals surface area contributed by atoms with Crippen LogP contribution in [0.3, 0.4) is 0 Å². The van der Waals surface area contributed by atoms with Gasteiger partial charge in [-0.05, 0) is 63.5 Å². The number of fused-ring (bicyclic) bond motifs is 1. The van der Waals surface area contributed by atoms with Crippen LogP contribution < -0.4 is 11.1 Å². The van der Waals surface area contributed by atoms with E-state index in [0.717, 1.165) is 30.6 Å². The molecule has 2 aromatic heterocycles. The van der Waals surface area contributed by atoms with Crippen LogP contribution in [0.15, 0.2) is 47.7 Å². The zero-order valence-corrected chi connectivity index (χ0v) is 19.3. The van der Waals surface area contributed by atoms with Gasteiger partial charge in [0.05, 0.1) is 33.7 Å². The summed E-state index contributed by atoms with van der Waals surface area (Å²) in [5.74, 6) is 0.495. The van der Waals surface area contributed by atoms with Gasteiger partial charge < -0.3 is 21.1 Å². The fraction of sp³-hybridized carbons (Fsp3) is 0.348. The minimum atomic E-state index is -0.414. The van der Waals surface area contributed by atoms with E-state index in [0.29, 0.717) is 28.2 Å². The largest absolute Gasteiger partial charge is 0.483 e. The summed E-state index contributed by atoms with van der Waals surface area (Å²) in [7, 11) is 4.22. The van der Waals surface area contributed by atoms with E-state index in [9.17, 15) is 4.39 Å². The molecule has 10 heteroatoms. The maximum absolute atomic E-state index is 13.6. The van der Waals surface area contributed by atoms with E-state index in [4.69, 9.17) is 27.2 Å². The van der Waals surface area contributed by atoms with Crippen molar-refractivity contribution in [2.24, 2.45) is 16.6 Å². The Labute approximate surface area is 196 Å². The number of amidine groups is 1. The van der Waals surface area contributed by atoms with Gasteiger partial charge in [-0.3, -0.25) is 4.79 Å². The molecule has 0 spiro atoms. The molecular formula is C23H28ClFN6O2. The van der Waals surface area contributed by atoms with Crippen molar-refractivity contribution >= 4 is 40.8 Å². The van der Waals surface area contributed by atoms with E-state index in [-0.39, 0.29) is 12.3 Å². The zero-order chi connectivity index (χ0) is 24.0. The second kappa shape index (κ2) is 11.1. The molecular weight excluding hydrogens is 447 g/mol. The maximum Gasteiger partial charge on any atom is 0.290 e. The van der Waals surface area contributed by atoms with Crippen LogP contribution in [0.2, 0.25) is 5.02 Å². The molecule has 2 atom stereocenters. The molecule has 0 radical (unpaired) electrons. The third kappa shape index (κ3) is 6.21. The smallest absolute Gasteiger partial charge is 0.290 e. The summed E-state index contributed by atoms with van der Waals surface area (Å²) in [6.07, 6.45) is 6.97. The molecule has 176 valence electrons. The lowest BCUT2D eigenvalue weighted by molar-refractivity contribution is -0.122. The summed E-state index contributed by atoms with van der Waals surface area (Å²) in [4.78, 5) is 15.0. The first-order valence-corrected chi connectivity index (χ1v) is 10.9. The van der Waals surface area contributed by atoms with Crippen LogP contribution in [0, 0.1) is 11.7 Å². The van der Waals surface area contributed by atoms with Crippen LogP contribution in [-0.4, -0.2) is 58.6 Å². The first kappa shape index (κ1) is 24.5. The van der Waals surface area contributed by atoms with Gasteiger partial charge in [0.15, 0.2) is 0 Å². The monoisotopic (exact) mass is 474 g/mol. The normalized spacial score (nSPS) is 18.3. The zero-order valence-electron chi connectivity index (χ0n) is 18.6. The highest BCUT2D eigenvalue weighted by Crippen LogP contribution is 2.32. The average molecular weight is 475 g/mol. The van der Waals surface area contributed by atoms with Gasteiger partial charge in [0.2, 0.25) is 0 Å². The highest BCUT2D eigenvalue weighted by molar-refractivity contribution is 6.33. The van der Waals surface area contributed by atoms with Gasteiger partial charge in [0.25, 0.3) is 6.47 Å². The number of aliphatic imine (C=N–C) groups is 1. The van der Waals surface area contributed by atoms with Gasteiger partial charge in [-0.2, -0.15) is 5.10 Å². The lowest BCUT2D eigenvalue weighted by Gasteiger charge is -2.20. The number of carbonyl (C=O) groups is 1. The Morgan fingerprint density at radius 1 is 1.42 bits per heavy atom. The topological polar surface area (TPSA) is 108 Å². The number of benzene rings is 1. The van der Waals surface area contributed by atoms with Gasteiger partial charge in [-0.1, -0.05) is 11.6 Å². The van der Waals surface area contributed by atoms with Crippen molar-refractivity contribution in [1.29, 1.82) is 0 Å². The average Bonchev–Trinajstić information content (AvgIpc) is 3.40. The van der Waals surface area contributed by atoms with Crippen LogP contribution >= 0.6 is 11.6 Å². The number of hydrogen-bond acceptors (Lipinski definition) is 5. The highest BCUT2D eigenvalue weighted by atomic mass is 35.5. The van der Waals surface area contributed by atoms with E-state index in [1.165, 1.54) is 24.6 Å². The summed E-state index contributed by atoms with van der Waals surface area (Å²) >= 11 is 6.17. The van der Waals surface area contributed by atoms with Crippen molar-refractivity contribution < 1.29 is 14.3 Å². The Balaban J connectivity index is 0.000000968. The molecule has 4 rings (SSSR count). The Hall–Kier alpha value is -3.17. The second-order valence-corrected chi connectivity index (χ2v) is 8.66. The molecule has 0 aliphatic heterocycles. The van der Waals surface area contributed by atoms with E-state index < -0.39 is 5.82 Å². The molecule has 0 amide bonds. The Morgan fingerprint density at radius 2 is 2.18 bits per heavy atom. The summed E-state index contributed by atoms with van der Waals surface area (Å²) < 4.78 is 15.4. The van der Waals surface area contributed by atoms with E-state index in [1.807, 2.05) is 18.3 Å². The van der Waals surface area contributed by atoms with Crippen LogP contribution in [-0.2, 0) is 4.79 Å². The Kier molecular flexibility index (Phi) is 8.24. The first-order chi connectivity index (χ1) is 15.8. The summed E-state index contributed by atoms with van der Waals surface area (Å²) in [5, 5.41) is 15.4. The standard InChI is InChI=1S/C22H26ClFN6.CH2O2/c1-29(2)13-14-5-7-16(10-14)27-21-17(12-26-30-9-3-4-20(21)30)22(25)28-19-11-15(24)6-8-18(19)23;2-1-3/h3-4,6,8-9,11-12,14,16,27H,5,7,10,13H2,1-2H3,(H2,25,28);1H,(H,2,3)/t14-,16+;/m1./s1. The van der Waals surface area contributed by atoms with E-state index in [2.05, 4.69) is 34.4 Å². The summed E-state index contributed by atoms with van der Waals surface area (Å²) in [6, 6.07) is 8.32. The number of halogens is 2. The molecule has 1 aromatic carbocycles. The van der Waals surface area contributed by atoms with Gasteiger partial charge in [0.1, 0.15) is 11.7 Å². The molecule has 33 heavy (non-hydrogen) atoms. The van der Waals surface area contributed by atoms with Crippen LogP contribution in [0.4, 0.5) is 15.8 Å². The number of aromatic nitrogens is 2. The maximum atomic E-state index is 13.6. The Bertz CT molecular complexity index is 1130. The summed E-state index contributed by atoms with van der Waals surface area (Å²) in [6.45, 7) is 0.837. The molecule has 1 aliphatic rings. The van der Waals surface area contributed by atoms with Crippen LogP contribution in [0.25, 0.3) is 5.52 Å². The third-order valence-corrected chi connectivity index (χ3v) is 5.82. The van der Waals surface area contributed by atoms with Crippen LogP contribution in [0.5, 0.6) is 0 Å². The summed E-state index contributed by atoms with van der Waals surface area (Å²) in [5.41, 5.74) is 9.13. The predicted octanol–water partition coefficient (Wildman–Crippen LogP) is 4.01. The predicted molar refractivity (Wildman–Crippen MR) is 129 cm³/mol. The molecule has 1 saturated carbocycles. The molecule has 4 N–H and O–H groups in total. The minimum absolute atomic E-state index is 0.240. The van der Waals surface area contributed by atoms with Crippen molar-refractivity contribution in [2.45, 2.75) is 25.3 Å². The fourth-order valence-corrected chi connectivity index (χ4v) is 4.35. The van der Waals surface area contributed by atoms with E-state index >= 15 is 0 Å². The van der Waals surface area contributed by atoms with Crippen molar-refractivity contribution in [3.05, 3.63) is 59.1 Å². The minimum Gasteiger partial charge on any atom is -0.483 e. The van der Waals surface area contributed by atoms with Gasteiger partial charge >= 0.3 is 0 Å². The number of rotatable bonds is 6. The third-order valence-electron chi connectivity index (χ3n) is 5.50. The number of nitrogens with zero attached hydrogens (tertiary/aromatic N) is 4. The molecule has 0 bridgehead atoms. The Morgan fingerprint density at radius 3 is 2.91 bits per heavy atom. The van der Waals surface area contributed by atoms with Gasteiger partial charge in [-0.15, -0.1) is 0 Å². The molecule has 1 fully saturated rings. The number of nitrogens with two attached hydrogens (primary N) is 1. The lowest BCUT2D eigenvalue weighted by Crippen LogP contribution is -2.24. The SMILES string of the molecule is CN(C)C[C@@H]1CC[C@H](Nc2c(C(N)=Nc3cc(F)ccc3Cl)cnn3cccc23)C1.O=CO. The van der Waals surface area contributed by atoms with Crippen LogP contribution in [0.1, 0.15) is 24.8 Å². The molecule has 8 nitrogen and oxygen atoms in total. The lowest BCUT2D eigenvalue weighted by atomic mass is 10.1. The molecule has 1 aliphatic carbocycles. The van der Waals surface area contributed by atoms with Gasteiger partial charge in [-0.25, -0.2) is 13.9 Å². The van der Waals surface area contributed by atoms with Crippen molar-refractivity contribution in [2.75, 3.05) is 26.0 Å².